The van der Waals surface area contributed by atoms with Crippen molar-refractivity contribution in [3.63, 3.8) is 0 Å². The summed E-state index contributed by atoms with van der Waals surface area (Å²) >= 11 is 0. The summed E-state index contributed by atoms with van der Waals surface area (Å²) in [5, 5.41) is 6.75. The average molecular weight is 559 g/mol. The second kappa shape index (κ2) is 12.0. The lowest BCUT2D eigenvalue weighted by Crippen LogP contribution is -2.63. The lowest BCUT2D eigenvalue weighted by molar-refractivity contribution is -0.0212. The van der Waals surface area contributed by atoms with E-state index < -0.39 is 5.60 Å². The molecule has 2 aliphatic heterocycles. The minimum absolute atomic E-state index is 0. The summed E-state index contributed by atoms with van der Waals surface area (Å²) in [6.45, 7) is 13.4. The number of ether oxygens (including phenoxy) is 2. The highest BCUT2D eigenvalue weighted by Gasteiger charge is 2.34. The molecule has 0 bridgehead atoms. The largest absolute Gasteiger partial charge is 0.444 e. The summed E-state index contributed by atoms with van der Waals surface area (Å²) in [5.41, 5.74) is 2.05. The number of carbonyl (C=O) groups excluding carboxylic acids is 1. The number of nitrogens with zero attached hydrogens (tertiary/aromatic N) is 3. The van der Waals surface area contributed by atoms with Gasteiger partial charge >= 0.3 is 6.09 Å². The number of guanidine groups is 1. The van der Waals surface area contributed by atoms with E-state index in [1.807, 2.05) is 20.8 Å². The molecular formula is C23H38IN5O3. The average Bonchev–Trinajstić information content (AvgIpc) is 2.65. The fourth-order valence-electron chi connectivity index (χ4n) is 3.75. The normalized spacial score (nSPS) is 20.2. The van der Waals surface area contributed by atoms with Gasteiger partial charge in [0.1, 0.15) is 5.60 Å². The maximum atomic E-state index is 12.1. The minimum Gasteiger partial charge on any atom is -0.444 e. The van der Waals surface area contributed by atoms with Crippen LogP contribution in [-0.2, 0) is 22.6 Å². The van der Waals surface area contributed by atoms with Crippen LogP contribution in [0.4, 0.5) is 4.79 Å². The van der Waals surface area contributed by atoms with E-state index in [0.717, 1.165) is 32.2 Å². The first-order valence-corrected chi connectivity index (χ1v) is 11.1. The number of halogens is 1. The van der Waals surface area contributed by atoms with Crippen LogP contribution in [0.3, 0.4) is 0 Å². The molecule has 1 aromatic carbocycles. The van der Waals surface area contributed by atoms with E-state index >= 15 is 0 Å². The molecule has 1 atom stereocenters. The summed E-state index contributed by atoms with van der Waals surface area (Å²) in [7, 11) is 1.76. The van der Waals surface area contributed by atoms with Crippen molar-refractivity contribution in [1.82, 2.24) is 20.4 Å². The van der Waals surface area contributed by atoms with Crippen LogP contribution >= 0.6 is 24.0 Å². The molecule has 2 fully saturated rings. The molecule has 2 N–H and O–H groups in total. The molecule has 32 heavy (non-hydrogen) atoms. The van der Waals surface area contributed by atoms with E-state index in [-0.39, 0.29) is 36.1 Å². The van der Waals surface area contributed by atoms with E-state index in [2.05, 4.69) is 51.7 Å². The second-order valence-corrected chi connectivity index (χ2v) is 9.39. The van der Waals surface area contributed by atoms with Gasteiger partial charge < -0.3 is 25.0 Å². The van der Waals surface area contributed by atoms with E-state index in [1.54, 1.807) is 11.9 Å². The van der Waals surface area contributed by atoms with Crippen LogP contribution in [0.5, 0.6) is 0 Å². The molecule has 2 heterocycles. The van der Waals surface area contributed by atoms with Crippen LogP contribution in [0.15, 0.2) is 29.3 Å². The number of morpholine rings is 1. The van der Waals surface area contributed by atoms with Gasteiger partial charge in [0.25, 0.3) is 0 Å². The summed E-state index contributed by atoms with van der Waals surface area (Å²) in [5.74, 6) is 0.737. The predicted octanol–water partition coefficient (Wildman–Crippen LogP) is 2.81. The third kappa shape index (κ3) is 8.40. The number of benzene rings is 1. The van der Waals surface area contributed by atoms with E-state index in [0.29, 0.717) is 25.7 Å². The van der Waals surface area contributed by atoms with Crippen LogP contribution in [0.1, 0.15) is 38.8 Å². The van der Waals surface area contributed by atoms with Gasteiger partial charge in [-0.15, -0.1) is 24.0 Å². The molecule has 0 aliphatic carbocycles. The molecule has 1 unspecified atom stereocenters. The number of hydrogen-bond acceptors (Lipinski definition) is 5. The Labute approximate surface area is 209 Å². The van der Waals surface area contributed by atoms with Gasteiger partial charge in [-0.2, -0.15) is 0 Å². The van der Waals surface area contributed by atoms with Crippen molar-refractivity contribution in [1.29, 1.82) is 0 Å². The number of carbonyl (C=O) groups is 1. The van der Waals surface area contributed by atoms with Gasteiger partial charge in [0, 0.05) is 46.3 Å². The zero-order valence-corrected chi connectivity index (χ0v) is 22.2. The third-order valence-corrected chi connectivity index (χ3v) is 5.28. The lowest BCUT2D eigenvalue weighted by Gasteiger charge is -2.40. The Morgan fingerprint density at radius 2 is 1.97 bits per heavy atom. The van der Waals surface area contributed by atoms with Gasteiger partial charge in [0.05, 0.1) is 18.8 Å². The summed E-state index contributed by atoms with van der Waals surface area (Å²) < 4.78 is 11.0. The van der Waals surface area contributed by atoms with Crippen LogP contribution in [0.2, 0.25) is 0 Å². The molecule has 2 saturated heterocycles. The van der Waals surface area contributed by atoms with Gasteiger partial charge in [-0.3, -0.25) is 9.89 Å². The molecule has 3 rings (SSSR count). The van der Waals surface area contributed by atoms with Crippen molar-refractivity contribution in [3.8, 4) is 0 Å². The van der Waals surface area contributed by atoms with Crippen LogP contribution < -0.4 is 10.6 Å². The Balaban J connectivity index is 0.00000363. The van der Waals surface area contributed by atoms with Crippen LogP contribution in [0, 0.1) is 0 Å². The van der Waals surface area contributed by atoms with Crippen molar-refractivity contribution < 1.29 is 14.3 Å². The van der Waals surface area contributed by atoms with Crippen molar-refractivity contribution in [3.05, 3.63) is 35.4 Å². The molecule has 1 amide bonds. The molecule has 0 spiro atoms. The van der Waals surface area contributed by atoms with Crippen LogP contribution in [-0.4, -0.2) is 79.4 Å². The van der Waals surface area contributed by atoms with Crippen molar-refractivity contribution in [2.75, 3.05) is 39.8 Å². The number of rotatable bonds is 5. The standard InChI is InChI=1S/C23H37N5O3.HI/c1-17-13-27(9-10-30-17)14-19-8-6-7-18(11-19)12-25-21(24-5)26-20-15-28(16-20)22(29)31-23(2,3)4;/h6-8,11,17,20H,9-10,12-16H2,1-5H3,(H2,24,25,26);1H. The number of hydrogen-bond donors (Lipinski definition) is 2. The van der Waals surface area contributed by atoms with Crippen molar-refractivity contribution in [2.24, 2.45) is 4.99 Å². The molecule has 1 aromatic rings. The maximum absolute atomic E-state index is 12.1. The summed E-state index contributed by atoms with van der Waals surface area (Å²) in [6.07, 6.45) is 0.0331. The first-order valence-electron chi connectivity index (χ1n) is 11.1. The second-order valence-electron chi connectivity index (χ2n) is 9.39. The molecule has 0 radical (unpaired) electrons. The molecule has 8 nitrogen and oxygen atoms in total. The Hall–Kier alpha value is -1.59. The number of amides is 1. The Morgan fingerprint density at radius 3 is 2.62 bits per heavy atom. The van der Waals surface area contributed by atoms with E-state index in [1.165, 1.54) is 11.1 Å². The Morgan fingerprint density at radius 1 is 1.25 bits per heavy atom. The summed E-state index contributed by atoms with van der Waals surface area (Å²) in [4.78, 5) is 20.5. The van der Waals surface area contributed by atoms with E-state index in [4.69, 9.17) is 9.47 Å². The lowest BCUT2D eigenvalue weighted by atomic mass is 10.1. The zero-order chi connectivity index (χ0) is 22.4. The quantitative estimate of drug-likeness (QED) is 0.329. The zero-order valence-electron chi connectivity index (χ0n) is 19.9. The highest BCUT2D eigenvalue weighted by atomic mass is 127. The molecule has 2 aliphatic rings. The van der Waals surface area contributed by atoms with Gasteiger partial charge in [0.2, 0.25) is 0 Å². The molecule has 0 saturated carbocycles. The number of aliphatic imine (C=N–C) groups is 1. The number of likely N-dealkylation sites (tertiary alicyclic amines) is 1. The Bertz CT molecular complexity index is 777. The third-order valence-electron chi connectivity index (χ3n) is 5.28. The molecule has 0 aromatic heterocycles. The van der Waals surface area contributed by atoms with Crippen molar-refractivity contribution in [2.45, 2.75) is 58.5 Å². The van der Waals surface area contributed by atoms with Gasteiger partial charge in [-0.25, -0.2) is 4.79 Å². The smallest absolute Gasteiger partial charge is 0.410 e. The Kier molecular flexibility index (Phi) is 10.0. The van der Waals surface area contributed by atoms with Gasteiger partial charge in [-0.1, -0.05) is 24.3 Å². The molecular weight excluding hydrogens is 521 g/mol. The minimum atomic E-state index is -0.470. The monoisotopic (exact) mass is 559 g/mol. The first-order chi connectivity index (χ1) is 14.7. The summed E-state index contributed by atoms with van der Waals surface area (Å²) in [6, 6.07) is 8.83. The van der Waals surface area contributed by atoms with E-state index in [9.17, 15) is 4.79 Å². The fourth-order valence-corrected chi connectivity index (χ4v) is 3.75. The highest BCUT2D eigenvalue weighted by Crippen LogP contribution is 2.15. The first kappa shape index (κ1) is 26.7. The molecule has 9 heteroatoms. The number of nitrogens with one attached hydrogen (secondary N) is 2. The SMILES string of the molecule is CN=C(NCc1cccc(CN2CCOC(C)C2)c1)NC1CN(C(=O)OC(C)(C)C)C1.I. The van der Waals surface area contributed by atoms with Crippen LogP contribution in [0.25, 0.3) is 0 Å². The van der Waals surface area contributed by atoms with Gasteiger partial charge in [0.15, 0.2) is 5.96 Å². The predicted molar refractivity (Wildman–Crippen MR) is 137 cm³/mol. The molecule has 180 valence electrons. The van der Waals surface area contributed by atoms with Crippen molar-refractivity contribution >= 4 is 36.0 Å². The fraction of sp³-hybridized carbons (Fsp3) is 0.652. The maximum Gasteiger partial charge on any atom is 0.410 e. The highest BCUT2D eigenvalue weighted by molar-refractivity contribution is 14.0. The van der Waals surface area contributed by atoms with Gasteiger partial charge in [-0.05, 0) is 38.8 Å². The topological polar surface area (TPSA) is 78.4 Å².